The maximum Gasteiger partial charge on any atom is 0.255 e. The van der Waals surface area contributed by atoms with E-state index >= 15 is 0 Å². The van der Waals surface area contributed by atoms with Crippen LogP contribution in [0.2, 0.25) is 0 Å². The molecule has 152 valence electrons. The molecule has 30 heavy (non-hydrogen) atoms. The first-order chi connectivity index (χ1) is 14.5. The smallest absolute Gasteiger partial charge is 0.255 e. The molecule has 2 aromatic carbocycles. The van der Waals surface area contributed by atoms with Crippen molar-refractivity contribution >= 4 is 67.3 Å². The summed E-state index contributed by atoms with van der Waals surface area (Å²) in [5, 5.41) is 7.82. The van der Waals surface area contributed by atoms with E-state index in [0.717, 1.165) is 20.1 Å². The molecule has 1 atom stereocenters. The van der Waals surface area contributed by atoms with Gasteiger partial charge in [0.2, 0.25) is 5.91 Å². The second kappa shape index (κ2) is 8.95. The predicted molar refractivity (Wildman–Crippen MR) is 125 cm³/mol. The van der Waals surface area contributed by atoms with E-state index in [9.17, 15) is 9.59 Å². The van der Waals surface area contributed by atoms with Crippen LogP contribution in [0.4, 0.5) is 10.8 Å². The van der Waals surface area contributed by atoms with Gasteiger partial charge in [0.25, 0.3) is 5.91 Å². The summed E-state index contributed by atoms with van der Waals surface area (Å²) < 4.78 is 1.75. The number of anilines is 2. The van der Waals surface area contributed by atoms with Gasteiger partial charge in [0.05, 0.1) is 15.5 Å². The van der Waals surface area contributed by atoms with Crippen LogP contribution in [0.1, 0.15) is 22.8 Å². The zero-order valence-electron chi connectivity index (χ0n) is 16.2. The minimum Gasteiger partial charge on any atom is -0.322 e. The van der Waals surface area contributed by atoms with Crippen LogP contribution in [0.3, 0.4) is 0 Å². The molecule has 2 aromatic heterocycles. The summed E-state index contributed by atoms with van der Waals surface area (Å²) in [5.41, 5.74) is 3.27. The third kappa shape index (κ3) is 4.86. The first-order valence-electron chi connectivity index (χ1n) is 9.13. The van der Waals surface area contributed by atoms with Gasteiger partial charge in [-0.2, -0.15) is 0 Å². The Morgan fingerprint density at radius 3 is 2.63 bits per heavy atom. The summed E-state index contributed by atoms with van der Waals surface area (Å²) in [6.45, 7) is 3.82. The van der Waals surface area contributed by atoms with E-state index in [1.807, 2.05) is 61.7 Å². The van der Waals surface area contributed by atoms with E-state index in [1.165, 1.54) is 34.4 Å². The number of aryl methyl sites for hydroxylation is 1. The van der Waals surface area contributed by atoms with Gasteiger partial charge >= 0.3 is 0 Å². The Hall–Kier alpha value is -2.75. The molecule has 0 saturated carbocycles. The fraction of sp³-hybridized carbons (Fsp3) is 0.143. The SMILES string of the molecule is Cc1ccc(C(=O)Nc2ccc3nc(S[C@H](C)C(=O)Nc4nccs4)sc3c2)cc1. The number of carbonyl (C=O) groups excluding carboxylic acids is 2. The maximum atomic E-state index is 12.4. The Bertz CT molecular complexity index is 1190. The Balaban J connectivity index is 1.43. The summed E-state index contributed by atoms with van der Waals surface area (Å²) in [6, 6.07) is 13.1. The van der Waals surface area contributed by atoms with Crippen LogP contribution in [-0.2, 0) is 4.79 Å². The molecule has 0 spiro atoms. The molecule has 0 aliphatic heterocycles. The van der Waals surface area contributed by atoms with Crippen molar-refractivity contribution in [3.8, 4) is 0 Å². The molecule has 9 heteroatoms. The van der Waals surface area contributed by atoms with E-state index in [-0.39, 0.29) is 17.1 Å². The largest absolute Gasteiger partial charge is 0.322 e. The van der Waals surface area contributed by atoms with Crippen molar-refractivity contribution in [3.63, 3.8) is 0 Å². The Kier molecular flexibility index (Phi) is 6.12. The molecule has 0 fully saturated rings. The Morgan fingerprint density at radius 2 is 1.90 bits per heavy atom. The third-order valence-corrected chi connectivity index (χ3v) is 7.15. The molecule has 4 aromatic rings. The molecule has 2 heterocycles. The van der Waals surface area contributed by atoms with Crippen molar-refractivity contribution < 1.29 is 9.59 Å². The van der Waals surface area contributed by atoms with Gasteiger partial charge in [-0.3, -0.25) is 9.59 Å². The van der Waals surface area contributed by atoms with Gasteiger partial charge in [-0.05, 0) is 44.2 Å². The number of thioether (sulfide) groups is 1. The fourth-order valence-electron chi connectivity index (χ4n) is 2.64. The molecule has 0 radical (unpaired) electrons. The van der Waals surface area contributed by atoms with Gasteiger partial charge in [0, 0.05) is 22.8 Å². The number of nitrogens with zero attached hydrogens (tertiary/aromatic N) is 2. The highest BCUT2D eigenvalue weighted by molar-refractivity contribution is 8.02. The van der Waals surface area contributed by atoms with Gasteiger partial charge in [-0.25, -0.2) is 9.97 Å². The average molecular weight is 455 g/mol. The molecular weight excluding hydrogens is 436 g/mol. The number of benzene rings is 2. The van der Waals surface area contributed by atoms with Gasteiger partial charge in [-0.15, -0.1) is 22.7 Å². The number of amides is 2. The quantitative estimate of drug-likeness (QED) is 0.379. The number of rotatable bonds is 6. The fourth-order valence-corrected chi connectivity index (χ4v) is 5.42. The second-order valence-corrected chi connectivity index (χ2v) is 10.1. The average Bonchev–Trinajstić information content (AvgIpc) is 3.37. The van der Waals surface area contributed by atoms with Gasteiger partial charge in [-0.1, -0.05) is 29.5 Å². The van der Waals surface area contributed by atoms with Crippen LogP contribution >= 0.6 is 34.4 Å². The van der Waals surface area contributed by atoms with Crippen molar-refractivity contribution in [2.75, 3.05) is 10.6 Å². The number of hydrogen-bond acceptors (Lipinski definition) is 7. The highest BCUT2D eigenvalue weighted by Crippen LogP contribution is 2.34. The lowest BCUT2D eigenvalue weighted by molar-refractivity contribution is -0.115. The molecule has 2 amide bonds. The Labute approximate surface area is 185 Å². The topological polar surface area (TPSA) is 84.0 Å². The third-order valence-electron chi connectivity index (χ3n) is 4.25. The van der Waals surface area contributed by atoms with Crippen LogP contribution in [0.15, 0.2) is 58.4 Å². The lowest BCUT2D eigenvalue weighted by atomic mass is 10.1. The molecular formula is C21H18N4O2S3. The van der Waals surface area contributed by atoms with Crippen molar-refractivity contribution in [2.45, 2.75) is 23.4 Å². The van der Waals surface area contributed by atoms with E-state index in [0.29, 0.717) is 16.4 Å². The number of thiazole rings is 2. The van der Waals surface area contributed by atoms with Crippen molar-refractivity contribution in [1.29, 1.82) is 0 Å². The predicted octanol–water partition coefficient (Wildman–Crippen LogP) is 5.43. The van der Waals surface area contributed by atoms with E-state index < -0.39 is 0 Å². The monoisotopic (exact) mass is 454 g/mol. The summed E-state index contributed by atoms with van der Waals surface area (Å²) in [6.07, 6.45) is 1.65. The zero-order valence-corrected chi connectivity index (χ0v) is 18.7. The zero-order chi connectivity index (χ0) is 21.1. The van der Waals surface area contributed by atoms with Gasteiger partial charge < -0.3 is 10.6 Å². The van der Waals surface area contributed by atoms with Crippen LogP contribution < -0.4 is 10.6 Å². The molecule has 0 aliphatic carbocycles. The van der Waals surface area contributed by atoms with E-state index in [4.69, 9.17) is 0 Å². The normalized spacial score (nSPS) is 11.9. The number of nitrogens with one attached hydrogen (secondary N) is 2. The molecule has 2 N–H and O–H groups in total. The van der Waals surface area contributed by atoms with Crippen LogP contribution in [-0.4, -0.2) is 27.0 Å². The standard InChI is InChI=1S/C21H18N4O2S3/c1-12-3-5-14(6-4-12)19(27)23-15-7-8-16-17(11-15)30-21(24-16)29-13(2)18(26)25-20-22-9-10-28-20/h3-11,13H,1-2H3,(H,23,27)(H,22,25,26)/t13-/m1/s1. The molecule has 0 unspecified atom stereocenters. The van der Waals surface area contributed by atoms with E-state index in [2.05, 4.69) is 20.6 Å². The number of hydrogen-bond donors (Lipinski definition) is 2. The molecule has 0 saturated heterocycles. The number of fused-ring (bicyclic) bond motifs is 1. The molecule has 0 aliphatic rings. The minimum absolute atomic E-state index is 0.111. The second-order valence-electron chi connectivity index (χ2n) is 6.57. The lowest BCUT2D eigenvalue weighted by Gasteiger charge is -2.07. The first kappa shape index (κ1) is 20.5. The number of aromatic nitrogens is 2. The number of carbonyl (C=O) groups is 2. The van der Waals surface area contributed by atoms with E-state index in [1.54, 1.807) is 6.20 Å². The van der Waals surface area contributed by atoms with Crippen molar-refractivity contribution in [1.82, 2.24) is 9.97 Å². The minimum atomic E-state index is -0.310. The van der Waals surface area contributed by atoms with Gasteiger partial charge in [0.1, 0.15) is 0 Å². The summed E-state index contributed by atoms with van der Waals surface area (Å²) >= 11 is 4.28. The molecule has 6 nitrogen and oxygen atoms in total. The summed E-state index contributed by atoms with van der Waals surface area (Å²) in [7, 11) is 0. The highest BCUT2D eigenvalue weighted by atomic mass is 32.2. The molecule has 4 rings (SSSR count). The van der Waals surface area contributed by atoms with Crippen LogP contribution in [0.25, 0.3) is 10.2 Å². The Morgan fingerprint density at radius 1 is 1.10 bits per heavy atom. The van der Waals surface area contributed by atoms with Gasteiger partial charge in [0.15, 0.2) is 9.47 Å². The molecule has 0 bridgehead atoms. The van der Waals surface area contributed by atoms with Crippen LogP contribution in [0.5, 0.6) is 0 Å². The van der Waals surface area contributed by atoms with Crippen molar-refractivity contribution in [3.05, 3.63) is 65.2 Å². The summed E-state index contributed by atoms with van der Waals surface area (Å²) in [5.74, 6) is -0.263. The first-order valence-corrected chi connectivity index (χ1v) is 11.7. The highest BCUT2D eigenvalue weighted by Gasteiger charge is 2.18. The van der Waals surface area contributed by atoms with Crippen LogP contribution in [0, 0.1) is 6.92 Å². The van der Waals surface area contributed by atoms with Crippen molar-refractivity contribution in [2.24, 2.45) is 0 Å². The lowest BCUT2D eigenvalue weighted by Crippen LogP contribution is -2.22. The summed E-state index contributed by atoms with van der Waals surface area (Å²) in [4.78, 5) is 33.4. The maximum absolute atomic E-state index is 12.4.